The summed E-state index contributed by atoms with van der Waals surface area (Å²) in [6, 6.07) is 9.92. The lowest BCUT2D eigenvalue weighted by Gasteiger charge is -2.06. The number of rotatable bonds is 0. The van der Waals surface area contributed by atoms with Gasteiger partial charge in [-0.1, -0.05) is 6.07 Å². The first-order chi connectivity index (χ1) is 7.75. The van der Waals surface area contributed by atoms with Crippen LogP contribution in [0.5, 0.6) is 0 Å². The zero-order valence-corrected chi connectivity index (χ0v) is 8.94. The molecule has 3 nitrogen and oxygen atoms in total. The highest BCUT2D eigenvalue weighted by Crippen LogP contribution is 2.25. The van der Waals surface area contributed by atoms with Crippen LogP contribution in [-0.4, -0.2) is 9.97 Å². The number of aromatic nitrogens is 2. The third-order valence-electron chi connectivity index (χ3n) is 2.78. The lowest BCUT2D eigenvalue weighted by molar-refractivity contribution is 1.36. The number of nitrogens with two attached hydrogens (primary N) is 1. The van der Waals surface area contributed by atoms with E-state index in [1.54, 1.807) is 6.20 Å². The minimum atomic E-state index is 0.532. The smallest absolute Gasteiger partial charge is 0.124 e. The molecule has 16 heavy (non-hydrogen) atoms. The van der Waals surface area contributed by atoms with E-state index in [0.717, 1.165) is 21.8 Å². The molecule has 78 valence electrons. The number of hydrogen-bond acceptors (Lipinski definition) is 3. The molecule has 0 atom stereocenters. The summed E-state index contributed by atoms with van der Waals surface area (Å²) in [6.45, 7) is 2.08. The Morgan fingerprint density at radius 2 is 2.00 bits per heavy atom. The number of anilines is 1. The van der Waals surface area contributed by atoms with Crippen molar-refractivity contribution < 1.29 is 0 Å². The monoisotopic (exact) mass is 209 g/mol. The molecular weight excluding hydrogens is 198 g/mol. The van der Waals surface area contributed by atoms with Crippen LogP contribution in [0.15, 0.2) is 36.5 Å². The maximum atomic E-state index is 5.73. The number of hydrogen-bond donors (Lipinski definition) is 1. The highest BCUT2D eigenvalue weighted by molar-refractivity contribution is 6.04. The Morgan fingerprint density at radius 1 is 1.12 bits per heavy atom. The second kappa shape index (κ2) is 3.17. The number of aryl methyl sites for hydroxylation is 1. The van der Waals surface area contributed by atoms with Crippen molar-refractivity contribution in [2.45, 2.75) is 6.92 Å². The topological polar surface area (TPSA) is 51.8 Å². The molecule has 2 N–H and O–H groups in total. The summed E-state index contributed by atoms with van der Waals surface area (Å²) < 4.78 is 0. The van der Waals surface area contributed by atoms with Crippen LogP contribution in [0.25, 0.3) is 21.8 Å². The van der Waals surface area contributed by atoms with Crippen LogP contribution in [0.4, 0.5) is 5.82 Å². The van der Waals surface area contributed by atoms with Crippen LogP contribution in [0, 0.1) is 6.92 Å². The largest absolute Gasteiger partial charge is 0.384 e. The van der Waals surface area contributed by atoms with E-state index in [1.807, 2.05) is 24.3 Å². The van der Waals surface area contributed by atoms with E-state index in [4.69, 9.17) is 5.73 Å². The van der Waals surface area contributed by atoms with Crippen LogP contribution in [-0.2, 0) is 0 Å². The van der Waals surface area contributed by atoms with E-state index in [9.17, 15) is 0 Å². The van der Waals surface area contributed by atoms with E-state index < -0.39 is 0 Å². The Kier molecular flexibility index (Phi) is 1.80. The van der Waals surface area contributed by atoms with Crippen molar-refractivity contribution in [1.82, 2.24) is 9.97 Å². The van der Waals surface area contributed by atoms with E-state index >= 15 is 0 Å². The fourth-order valence-electron chi connectivity index (χ4n) is 2.02. The summed E-state index contributed by atoms with van der Waals surface area (Å²) in [5.74, 6) is 0.532. The van der Waals surface area contributed by atoms with Gasteiger partial charge in [-0.2, -0.15) is 0 Å². The molecule has 0 saturated heterocycles. The van der Waals surface area contributed by atoms with Gasteiger partial charge in [-0.25, -0.2) is 4.98 Å². The predicted molar refractivity (Wildman–Crippen MR) is 66.2 cm³/mol. The van der Waals surface area contributed by atoms with Gasteiger partial charge >= 0.3 is 0 Å². The number of benzene rings is 1. The van der Waals surface area contributed by atoms with Gasteiger partial charge < -0.3 is 5.73 Å². The van der Waals surface area contributed by atoms with Gasteiger partial charge in [0.1, 0.15) is 5.82 Å². The first-order valence-corrected chi connectivity index (χ1v) is 5.16. The zero-order chi connectivity index (χ0) is 11.1. The van der Waals surface area contributed by atoms with Crippen LogP contribution >= 0.6 is 0 Å². The summed E-state index contributed by atoms with van der Waals surface area (Å²) in [5, 5.41) is 2.21. The van der Waals surface area contributed by atoms with Gasteiger partial charge in [0.2, 0.25) is 0 Å². The lowest BCUT2D eigenvalue weighted by Crippen LogP contribution is -1.93. The molecule has 1 aromatic carbocycles. The average Bonchev–Trinajstić information content (AvgIpc) is 2.29. The van der Waals surface area contributed by atoms with Crippen LogP contribution in [0.3, 0.4) is 0 Å². The van der Waals surface area contributed by atoms with E-state index in [-0.39, 0.29) is 0 Å². The fraction of sp³-hybridized carbons (Fsp3) is 0.0769. The SMILES string of the molecule is Cc1cc2cccnc2c2nc(N)ccc12. The molecule has 0 fully saturated rings. The molecule has 3 rings (SSSR count). The third-order valence-corrected chi connectivity index (χ3v) is 2.78. The van der Waals surface area contributed by atoms with Crippen molar-refractivity contribution in [2.75, 3.05) is 5.73 Å². The quantitative estimate of drug-likeness (QED) is 0.579. The molecular formula is C13H11N3. The van der Waals surface area contributed by atoms with Gasteiger partial charge in [0.15, 0.2) is 0 Å². The standard InChI is InChI=1S/C13H11N3/c1-8-7-9-3-2-6-15-12(9)13-10(8)4-5-11(14)16-13/h2-7H,1H3,(H2,14,16). The molecule has 2 aromatic heterocycles. The Hall–Kier alpha value is -2.16. The molecule has 0 aliphatic heterocycles. The van der Waals surface area contributed by atoms with Gasteiger partial charge in [0, 0.05) is 17.0 Å². The molecule has 0 bridgehead atoms. The molecule has 2 heterocycles. The molecule has 3 heteroatoms. The predicted octanol–water partition coefficient (Wildman–Crippen LogP) is 2.67. The zero-order valence-electron chi connectivity index (χ0n) is 8.94. The molecule has 0 aliphatic carbocycles. The van der Waals surface area contributed by atoms with Crippen LogP contribution < -0.4 is 5.73 Å². The minimum absolute atomic E-state index is 0.532. The number of pyridine rings is 2. The van der Waals surface area contributed by atoms with Gasteiger partial charge in [-0.15, -0.1) is 0 Å². The summed E-state index contributed by atoms with van der Waals surface area (Å²) in [6.07, 6.45) is 1.78. The van der Waals surface area contributed by atoms with Gasteiger partial charge in [-0.05, 0) is 36.8 Å². The Morgan fingerprint density at radius 3 is 2.88 bits per heavy atom. The molecule has 0 saturated carbocycles. The van der Waals surface area contributed by atoms with E-state index in [1.165, 1.54) is 5.56 Å². The second-order valence-corrected chi connectivity index (χ2v) is 3.90. The maximum Gasteiger partial charge on any atom is 0.124 e. The lowest BCUT2D eigenvalue weighted by atomic mass is 10.1. The number of nitrogens with zero attached hydrogens (tertiary/aromatic N) is 2. The Bertz CT molecular complexity index is 689. The molecule has 0 spiro atoms. The fourth-order valence-corrected chi connectivity index (χ4v) is 2.02. The maximum absolute atomic E-state index is 5.73. The van der Waals surface area contributed by atoms with Crippen LogP contribution in [0.2, 0.25) is 0 Å². The normalized spacial score (nSPS) is 11.1. The minimum Gasteiger partial charge on any atom is -0.384 e. The van der Waals surface area contributed by atoms with Crippen molar-refractivity contribution in [3.05, 3.63) is 42.1 Å². The molecule has 3 aromatic rings. The third kappa shape index (κ3) is 1.21. The summed E-state index contributed by atoms with van der Waals surface area (Å²) in [5.41, 5.74) is 8.72. The van der Waals surface area contributed by atoms with E-state index in [0.29, 0.717) is 5.82 Å². The van der Waals surface area contributed by atoms with Crippen molar-refractivity contribution in [3.8, 4) is 0 Å². The summed E-state index contributed by atoms with van der Waals surface area (Å²) in [7, 11) is 0. The number of nitrogen functional groups attached to an aromatic ring is 1. The summed E-state index contributed by atoms with van der Waals surface area (Å²) in [4.78, 5) is 8.75. The highest BCUT2D eigenvalue weighted by atomic mass is 14.8. The Balaban J connectivity index is 2.61. The van der Waals surface area contributed by atoms with Gasteiger partial charge in [-0.3, -0.25) is 4.98 Å². The van der Waals surface area contributed by atoms with Crippen molar-refractivity contribution >= 4 is 27.6 Å². The van der Waals surface area contributed by atoms with Crippen molar-refractivity contribution in [1.29, 1.82) is 0 Å². The first kappa shape index (κ1) is 9.09. The van der Waals surface area contributed by atoms with Crippen LogP contribution in [0.1, 0.15) is 5.56 Å². The molecule has 0 unspecified atom stereocenters. The van der Waals surface area contributed by atoms with Crippen molar-refractivity contribution in [2.24, 2.45) is 0 Å². The summed E-state index contributed by atoms with van der Waals surface area (Å²) >= 11 is 0. The Labute approximate surface area is 92.9 Å². The van der Waals surface area contributed by atoms with E-state index in [2.05, 4.69) is 23.0 Å². The molecule has 0 amide bonds. The average molecular weight is 209 g/mol. The van der Waals surface area contributed by atoms with Gasteiger partial charge in [0.05, 0.1) is 11.0 Å². The van der Waals surface area contributed by atoms with Crippen molar-refractivity contribution in [3.63, 3.8) is 0 Å². The first-order valence-electron chi connectivity index (χ1n) is 5.16. The second-order valence-electron chi connectivity index (χ2n) is 3.90. The highest BCUT2D eigenvalue weighted by Gasteiger charge is 2.05. The van der Waals surface area contributed by atoms with Gasteiger partial charge in [0.25, 0.3) is 0 Å². The molecule has 0 radical (unpaired) electrons. The molecule has 0 aliphatic rings. The number of fused-ring (bicyclic) bond motifs is 3.